The Kier molecular flexibility index (Phi) is 3.66. The fraction of sp³-hybridized carbons (Fsp3) is 0.417. The van der Waals surface area contributed by atoms with Crippen molar-refractivity contribution in [3.05, 3.63) is 33.9 Å². The van der Waals surface area contributed by atoms with Gasteiger partial charge in [-0.1, -0.05) is 0 Å². The van der Waals surface area contributed by atoms with Gasteiger partial charge in [-0.25, -0.2) is 0 Å². The van der Waals surface area contributed by atoms with Crippen LogP contribution in [-0.4, -0.2) is 47.1 Å². The van der Waals surface area contributed by atoms with Crippen molar-refractivity contribution >= 4 is 11.6 Å². The molecule has 102 valence electrons. The van der Waals surface area contributed by atoms with Crippen LogP contribution in [0, 0.1) is 10.1 Å². The summed E-state index contributed by atoms with van der Waals surface area (Å²) in [7, 11) is 1.64. The maximum Gasteiger partial charge on any atom is 0.311 e. The average molecular weight is 266 g/mol. The third-order valence-corrected chi connectivity index (χ3v) is 3.19. The third kappa shape index (κ3) is 2.65. The van der Waals surface area contributed by atoms with Crippen molar-refractivity contribution in [1.82, 2.24) is 4.90 Å². The number of amides is 1. The van der Waals surface area contributed by atoms with E-state index in [1.807, 2.05) is 0 Å². The third-order valence-electron chi connectivity index (χ3n) is 3.19. The number of likely N-dealkylation sites (N-methyl/N-ethyl adjacent to an activating group) is 1. The summed E-state index contributed by atoms with van der Waals surface area (Å²) >= 11 is 0. The predicted octanol–water partition coefficient (Wildman–Crippen LogP) is 1.16. The molecular weight excluding hydrogens is 252 g/mol. The number of ether oxygens (including phenoxy) is 1. The Bertz CT molecular complexity index is 511. The van der Waals surface area contributed by atoms with Gasteiger partial charge in [0.2, 0.25) is 0 Å². The topological polar surface area (TPSA) is 92.9 Å². The minimum Gasteiger partial charge on any atom is -0.502 e. The minimum absolute atomic E-state index is 0.0136. The van der Waals surface area contributed by atoms with Gasteiger partial charge in [-0.15, -0.1) is 0 Å². The Morgan fingerprint density at radius 2 is 2.32 bits per heavy atom. The van der Waals surface area contributed by atoms with Crippen LogP contribution in [0.15, 0.2) is 18.2 Å². The fourth-order valence-corrected chi connectivity index (χ4v) is 2.00. The van der Waals surface area contributed by atoms with Crippen LogP contribution in [0.3, 0.4) is 0 Å². The summed E-state index contributed by atoms with van der Waals surface area (Å²) in [4.78, 5) is 23.7. The number of carbonyl (C=O) groups is 1. The van der Waals surface area contributed by atoms with E-state index in [2.05, 4.69) is 0 Å². The van der Waals surface area contributed by atoms with E-state index in [1.165, 1.54) is 11.0 Å². The van der Waals surface area contributed by atoms with Crippen LogP contribution in [0.5, 0.6) is 5.75 Å². The zero-order valence-electron chi connectivity index (χ0n) is 10.4. The lowest BCUT2D eigenvalue weighted by Crippen LogP contribution is -2.37. The summed E-state index contributed by atoms with van der Waals surface area (Å²) in [5.74, 6) is -0.771. The predicted molar refractivity (Wildman–Crippen MR) is 66.1 cm³/mol. The Morgan fingerprint density at radius 1 is 1.58 bits per heavy atom. The molecule has 19 heavy (non-hydrogen) atoms. The zero-order chi connectivity index (χ0) is 14.0. The summed E-state index contributed by atoms with van der Waals surface area (Å²) in [5, 5.41) is 20.1. The van der Waals surface area contributed by atoms with E-state index in [4.69, 9.17) is 4.74 Å². The number of nitro groups is 1. The number of hydrogen-bond acceptors (Lipinski definition) is 5. The zero-order valence-corrected chi connectivity index (χ0v) is 10.4. The van der Waals surface area contributed by atoms with Crippen molar-refractivity contribution < 1.29 is 19.6 Å². The van der Waals surface area contributed by atoms with E-state index >= 15 is 0 Å². The van der Waals surface area contributed by atoms with Gasteiger partial charge in [0.25, 0.3) is 5.91 Å². The molecule has 7 nitrogen and oxygen atoms in total. The second-order valence-electron chi connectivity index (χ2n) is 4.39. The van der Waals surface area contributed by atoms with Gasteiger partial charge in [-0.3, -0.25) is 14.9 Å². The molecule has 1 aliphatic heterocycles. The smallest absolute Gasteiger partial charge is 0.311 e. The largest absolute Gasteiger partial charge is 0.502 e. The maximum atomic E-state index is 12.2. The van der Waals surface area contributed by atoms with Gasteiger partial charge in [0.05, 0.1) is 17.6 Å². The SMILES string of the molecule is CN(C(=O)c1ccc(O)c([N+](=O)[O-])c1)[C@H]1CCOC1. The lowest BCUT2D eigenvalue weighted by molar-refractivity contribution is -0.385. The first-order chi connectivity index (χ1) is 9.00. The molecule has 1 aromatic carbocycles. The van der Waals surface area contributed by atoms with Crippen LogP contribution in [0.4, 0.5) is 5.69 Å². The van der Waals surface area contributed by atoms with Gasteiger partial charge in [0, 0.05) is 25.3 Å². The van der Waals surface area contributed by atoms with Crippen LogP contribution >= 0.6 is 0 Å². The molecule has 0 radical (unpaired) electrons. The molecule has 1 aliphatic rings. The van der Waals surface area contributed by atoms with E-state index in [9.17, 15) is 20.0 Å². The van der Waals surface area contributed by atoms with Gasteiger partial charge >= 0.3 is 5.69 Å². The van der Waals surface area contributed by atoms with Crippen molar-refractivity contribution in [2.45, 2.75) is 12.5 Å². The molecule has 0 aromatic heterocycles. The van der Waals surface area contributed by atoms with E-state index in [0.717, 1.165) is 18.6 Å². The summed E-state index contributed by atoms with van der Waals surface area (Å²) in [5.41, 5.74) is -0.291. The summed E-state index contributed by atoms with van der Waals surface area (Å²) in [6.45, 7) is 1.08. The van der Waals surface area contributed by atoms with Crippen molar-refractivity contribution in [2.24, 2.45) is 0 Å². The first-order valence-corrected chi connectivity index (χ1v) is 5.83. The molecule has 0 spiro atoms. The first kappa shape index (κ1) is 13.3. The quantitative estimate of drug-likeness (QED) is 0.654. The lowest BCUT2D eigenvalue weighted by Gasteiger charge is -2.23. The van der Waals surface area contributed by atoms with Crippen LogP contribution in [0.1, 0.15) is 16.8 Å². The number of phenols is 1. The number of rotatable bonds is 3. The van der Waals surface area contributed by atoms with E-state index in [1.54, 1.807) is 7.05 Å². The highest BCUT2D eigenvalue weighted by molar-refractivity contribution is 5.95. The molecule has 1 saturated heterocycles. The summed E-state index contributed by atoms with van der Waals surface area (Å²) < 4.78 is 5.20. The molecule has 1 heterocycles. The summed E-state index contributed by atoms with van der Waals surface area (Å²) in [6.07, 6.45) is 0.752. The van der Waals surface area contributed by atoms with Crippen LogP contribution < -0.4 is 0 Å². The Balaban J connectivity index is 2.23. The number of nitrogens with zero attached hydrogens (tertiary/aromatic N) is 2. The highest BCUT2D eigenvalue weighted by atomic mass is 16.6. The van der Waals surface area contributed by atoms with Crippen molar-refractivity contribution in [3.8, 4) is 5.75 Å². The highest BCUT2D eigenvalue weighted by Gasteiger charge is 2.26. The number of hydrogen-bond donors (Lipinski definition) is 1. The molecule has 0 saturated carbocycles. The molecule has 1 aromatic rings. The molecule has 1 atom stereocenters. The Morgan fingerprint density at radius 3 is 2.89 bits per heavy atom. The normalized spacial score (nSPS) is 18.3. The summed E-state index contributed by atoms with van der Waals surface area (Å²) in [6, 6.07) is 3.60. The van der Waals surface area contributed by atoms with Gasteiger partial charge in [0.15, 0.2) is 5.75 Å². The standard InChI is InChI=1S/C12H14N2O5/c1-13(9-4-5-19-7-9)12(16)8-2-3-11(15)10(6-8)14(17)18/h2-3,6,9,15H,4-5,7H2,1H3/t9-/m0/s1. The second-order valence-corrected chi connectivity index (χ2v) is 4.39. The van der Waals surface area contributed by atoms with Crippen molar-refractivity contribution in [3.63, 3.8) is 0 Å². The number of benzene rings is 1. The van der Waals surface area contributed by atoms with E-state index in [0.29, 0.717) is 13.2 Å². The van der Waals surface area contributed by atoms with E-state index < -0.39 is 16.4 Å². The first-order valence-electron chi connectivity index (χ1n) is 5.83. The molecule has 0 unspecified atom stereocenters. The highest BCUT2D eigenvalue weighted by Crippen LogP contribution is 2.27. The van der Waals surface area contributed by atoms with Gasteiger partial charge in [-0.05, 0) is 18.6 Å². The van der Waals surface area contributed by atoms with Crippen LogP contribution in [0.25, 0.3) is 0 Å². The molecule has 1 fully saturated rings. The number of nitro benzene ring substituents is 1. The number of aromatic hydroxyl groups is 1. The molecule has 1 N–H and O–H groups in total. The Hall–Kier alpha value is -2.15. The number of carbonyl (C=O) groups excluding carboxylic acids is 1. The van der Waals surface area contributed by atoms with Crippen LogP contribution in [0.2, 0.25) is 0 Å². The molecule has 2 rings (SSSR count). The Labute approximate surface area is 109 Å². The molecule has 0 aliphatic carbocycles. The molecule has 7 heteroatoms. The van der Waals surface area contributed by atoms with E-state index in [-0.39, 0.29) is 17.5 Å². The second kappa shape index (κ2) is 5.23. The van der Waals surface area contributed by atoms with Gasteiger partial charge < -0.3 is 14.7 Å². The van der Waals surface area contributed by atoms with Crippen molar-refractivity contribution in [2.75, 3.05) is 20.3 Å². The molecule has 0 bridgehead atoms. The van der Waals surface area contributed by atoms with Crippen LogP contribution in [-0.2, 0) is 4.74 Å². The molecular formula is C12H14N2O5. The van der Waals surface area contributed by atoms with Gasteiger partial charge in [-0.2, -0.15) is 0 Å². The number of phenolic OH excluding ortho intramolecular Hbond substituents is 1. The van der Waals surface area contributed by atoms with Gasteiger partial charge in [0.1, 0.15) is 0 Å². The fourth-order valence-electron chi connectivity index (χ4n) is 2.00. The van der Waals surface area contributed by atoms with Crippen molar-refractivity contribution in [1.29, 1.82) is 0 Å². The maximum absolute atomic E-state index is 12.2. The monoisotopic (exact) mass is 266 g/mol. The lowest BCUT2D eigenvalue weighted by atomic mass is 10.1. The minimum atomic E-state index is -0.717. The average Bonchev–Trinajstić information content (AvgIpc) is 2.91. The molecule has 1 amide bonds.